The number of likely N-dealkylation sites (N-methyl/N-ethyl adjacent to an activating group) is 1. The van der Waals surface area contributed by atoms with Gasteiger partial charge in [-0.3, -0.25) is 14.3 Å². The van der Waals surface area contributed by atoms with Crippen LogP contribution in [0.3, 0.4) is 0 Å². The molecule has 2 amide bonds. The number of amides is 2. The zero-order valence-corrected chi connectivity index (χ0v) is 12.5. The van der Waals surface area contributed by atoms with E-state index in [-0.39, 0.29) is 24.9 Å². The molecule has 0 radical (unpaired) electrons. The summed E-state index contributed by atoms with van der Waals surface area (Å²) in [5, 5.41) is 5.26. The Balaban J connectivity index is 1.69. The van der Waals surface area contributed by atoms with Crippen molar-refractivity contribution in [1.29, 1.82) is 0 Å². The Morgan fingerprint density at radius 3 is 2.91 bits per heavy atom. The van der Waals surface area contributed by atoms with Gasteiger partial charge < -0.3 is 15.5 Å². The highest BCUT2D eigenvalue weighted by molar-refractivity contribution is 5.86. The molecule has 1 aromatic heterocycles. The first-order chi connectivity index (χ1) is 10.6. The highest BCUT2D eigenvalue weighted by Gasteiger charge is 2.26. The monoisotopic (exact) mass is 301 g/mol. The van der Waals surface area contributed by atoms with E-state index in [4.69, 9.17) is 5.73 Å². The van der Waals surface area contributed by atoms with Crippen molar-refractivity contribution in [2.24, 2.45) is 0 Å². The highest BCUT2D eigenvalue weighted by atomic mass is 16.2. The minimum Gasteiger partial charge on any atom is -0.399 e. The normalized spacial score (nSPS) is 15.6. The van der Waals surface area contributed by atoms with Crippen molar-refractivity contribution in [3.05, 3.63) is 24.4 Å². The van der Waals surface area contributed by atoms with E-state index in [9.17, 15) is 9.59 Å². The molecule has 0 spiro atoms. The Bertz CT molecular complexity index is 724. The molecule has 0 atom stereocenters. The Morgan fingerprint density at radius 2 is 2.18 bits per heavy atom. The van der Waals surface area contributed by atoms with Crippen molar-refractivity contribution in [1.82, 2.24) is 19.6 Å². The molecule has 2 N–H and O–H groups in total. The SMILES string of the molecule is CCN1CCN(C(=O)Cn2cc3cc(N)ccc3n2)CC1=O. The van der Waals surface area contributed by atoms with Crippen molar-refractivity contribution < 1.29 is 9.59 Å². The van der Waals surface area contributed by atoms with Crippen molar-refractivity contribution in [3.63, 3.8) is 0 Å². The van der Waals surface area contributed by atoms with E-state index >= 15 is 0 Å². The van der Waals surface area contributed by atoms with E-state index in [1.165, 1.54) is 0 Å². The number of nitrogens with zero attached hydrogens (tertiary/aromatic N) is 4. The van der Waals surface area contributed by atoms with Gasteiger partial charge in [0.15, 0.2) is 0 Å². The zero-order valence-electron chi connectivity index (χ0n) is 12.5. The molecule has 1 fully saturated rings. The smallest absolute Gasteiger partial charge is 0.244 e. The molecular weight excluding hydrogens is 282 g/mol. The highest BCUT2D eigenvalue weighted by Crippen LogP contribution is 2.16. The molecule has 0 bridgehead atoms. The van der Waals surface area contributed by atoms with E-state index in [0.29, 0.717) is 25.3 Å². The summed E-state index contributed by atoms with van der Waals surface area (Å²) < 4.78 is 1.60. The second kappa shape index (κ2) is 5.67. The van der Waals surface area contributed by atoms with E-state index in [1.807, 2.05) is 19.1 Å². The average Bonchev–Trinajstić information content (AvgIpc) is 2.88. The van der Waals surface area contributed by atoms with Crippen molar-refractivity contribution in [2.75, 3.05) is 31.9 Å². The third-order valence-electron chi connectivity index (χ3n) is 3.93. The van der Waals surface area contributed by atoms with E-state index in [0.717, 1.165) is 10.9 Å². The molecule has 2 heterocycles. The van der Waals surface area contributed by atoms with Gasteiger partial charge in [0.2, 0.25) is 11.8 Å². The lowest BCUT2D eigenvalue weighted by Gasteiger charge is -2.33. The maximum atomic E-state index is 12.3. The summed E-state index contributed by atoms with van der Waals surface area (Å²) in [4.78, 5) is 27.5. The number of rotatable bonds is 3. The van der Waals surface area contributed by atoms with Gasteiger partial charge in [-0.25, -0.2) is 0 Å². The zero-order chi connectivity index (χ0) is 15.7. The maximum absolute atomic E-state index is 12.3. The number of benzene rings is 1. The first-order valence-electron chi connectivity index (χ1n) is 7.35. The third kappa shape index (κ3) is 2.74. The predicted molar refractivity (Wildman–Crippen MR) is 83.0 cm³/mol. The van der Waals surface area contributed by atoms with Gasteiger partial charge in [0, 0.05) is 36.9 Å². The molecule has 116 valence electrons. The molecule has 1 saturated heterocycles. The van der Waals surface area contributed by atoms with Gasteiger partial charge in [-0.15, -0.1) is 0 Å². The van der Waals surface area contributed by atoms with Crippen molar-refractivity contribution >= 4 is 28.4 Å². The lowest BCUT2D eigenvalue weighted by Crippen LogP contribution is -2.52. The van der Waals surface area contributed by atoms with Crippen LogP contribution in [0, 0.1) is 0 Å². The van der Waals surface area contributed by atoms with Crippen LogP contribution >= 0.6 is 0 Å². The molecule has 1 aliphatic heterocycles. The first-order valence-corrected chi connectivity index (χ1v) is 7.35. The first kappa shape index (κ1) is 14.4. The molecule has 0 unspecified atom stereocenters. The van der Waals surface area contributed by atoms with Crippen LogP contribution in [0.1, 0.15) is 6.92 Å². The van der Waals surface area contributed by atoms with Gasteiger partial charge in [0.05, 0.1) is 12.1 Å². The molecule has 0 aliphatic carbocycles. The number of carbonyl (C=O) groups is 2. The topological polar surface area (TPSA) is 84.5 Å². The van der Waals surface area contributed by atoms with Crippen molar-refractivity contribution in [2.45, 2.75) is 13.5 Å². The third-order valence-corrected chi connectivity index (χ3v) is 3.93. The molecule has 7 nitrogen and oxygen atoms in total. The van der Waals surface area contributed by atoms with Crippen LogP contribution in [0.5, 0.6) is 0 Å². The number of carbonyl (C=O) groups excluding carboxylic acids is 2. The summed E-state index contributed by atoms with van der Waals surface area (Å²) in [6.07, 6.45) is 1.80. The Labute approximate surface area is 128 Å². The molecule has 0 saturated carbocycles. The number of piperazine rings is 1. The maximum Gasteiger partial charge on any atom is 0.244 e. The van der Waals surface area contributed by atoms with Crippen LogP contribution in [0.4, 0.5) is 5.69 Å². The number of anilines is 1. The molecule has 7 heteroatoms. The number of fused-ring (bicyclic) bond motifs is 1. The minimum absolute atomic E-state index is 0.000463. The minimum atomic E-state index is -0.0927. The fourth-order valence-electron chi connectivity index (χ4n) is 2.67. The lowest BCUT2D eigenvalue weighted by molar-refractivity contribution is -0.145. The van der Waals surface area contributed by atoms with Crippen molar-refractivity contribution in [3.8, 4) is 0 Å². The second-order valence-electron chi connectivity index (χ2n) is 5.43. The van der Waals surface area contributed by atoms with Crippen LogP contribution < -0.4 is 5.73 Å². The summed E-state index contributed by atoms with van der Waals surface area (Å²) in [7, 11) is 0. The van der Waals surface area contributed by atoms with Crippen LogP contribution in [-0.4, -0.2) is 57.6 Å². The number of nitrogen functional groups attached to an aromatic ring is 1. The molecular formula is C15H19N5O2. The summed E-state index contributed by atoms with van der Waals surface area (Å²) in [5.74, 6) is -0.0922. The Kier molecular flexibility index (Phi) is 3.70. The van der Waals surface area contributed by atoms with Crippen LogP contribution in [0.15, 0.2) is 24.4 Å². The van der Waals surface area contributed by atoms with Crippen LogP contribution in [0.25, 0.3) is 10.9 Å². The van der Waals surface area contributed by atoms with Gasteiger partial charge in [0.1, 0.15) is 6.54 Å². The number of nitrogens with two attached hydrogens (primary N) is 1. The summed E-state index contributed by atoms with van der Waals surface area (Å²) in [6.45, 7) is 4.09. The molecule has 2 aromatic rings. The van der Waals surface area contributed by atoms with Gasteiger partial charge in [-0.1, -0.05) is 0 Å². The number of hydrogen-bond acceptors (Lipinski definition) is 4. The average molecular weight is 301 g/mol. The largest absolute Gasteiger partial charge is 0.399 e. The van der Waals surface area contributed by atoms with E-state index in [1.54, 1.807) is 26.7 Å². The lowest BCUT2D eigenvalue weighted by atomic mass is 10.2. The van der Waals surface area contributed by atoms with E-state index < -0.39 is 0 Å². The molecule has 1 aromatic carbocycles. The van der Waals surface area contributed by atoms with E-state index in [2.05, 4.69) is 5.10 Å². The second-order valence-corrected chi connectivity index (χ2v) is 5.43. The standard InChI is InChI=1S/C15H19N5O2/c1-2-18-5-6-19(9-14(18)21)15(22)10-20-8-11-7-12(16)3-4-13(11)17-20/h3-4,7-8H,2,5-6,9-10,16H2,1H3. The molecule has 3 rings (SSSR count). The Hall–Kier alpha value is -2.57. The van der Waals surface area contributed by atoms with Crippen LogP contribution in [0.2, 0.25) is 0 Å². The summed E-state index contributed by atoms with van der Waals surface area (Å²) >= 11 is 0. The number of aromatic nitrogens is 2. The molecule has 1 aliphatic rings. The molecule has 22 heavy (non-hydrogen) atoms. The fourth-order valence-corrected chi connectivity index (χ4v) is 2.67. The van der Waals surface area contributed by atoms with Gasteiger partial charge in [0.25, 0.3) is 0 Å². The number of hydrogen-bond donors (Lipinski definition) is 1. The van der Waals surface area contributed by atoms with Gasteiger partial charge in [-0.2, -0.15) is 5.10 Å². The quantitative estimate of drug-likeness (QED) is 0.827. The van der Waals surface area contributed by atoms with Crippen LogP contribution in [-0.2, 0) is 16.1 Å². The summed E-state index contributed by atoms with van der Waals surface area (Å²) in [6, 6.07) is 5.44. The van der Waals surface area contributed by atoms with Gasteiger partial charge >= 0.3 is 0 Å². The summed E-state index contributed by atoms with van der Waals surface area (Å²) in [5.41, 5.74) is 7.20. The fraction of sp³-hybridized carbons (Fsp3) is 0.400. The Morgan fingerprint density at radius 1 is 1.36 bits per heavy atom. The van der Waals surface area contributed by atoms with Gasteiger partial charge in [-0.05, 0) is 25.1 Å². The predicted octanol–water partition coefficient (Wildman–Crippen LogP) is 0.309.